The van der Waals surface area contributed by atoms with E-state index in [9.17, 15) is 8.78 Å². The molecule has 0 heterocycles. The summed E-state index contributed by atoms with van der Waals surface area (Å²) in [6.07, 6.45) is 1.70. The maximum Gasteiger partial charge on any atom is 0.387 e. The lowest BCUT2D eigenvalue weighted by Gasteiger charge is -2.16. The third-order valence-electron chi connectivity index (χ3n) is 3.10. The average molecular weight is 352 g/mol. The van der Waals surface area contributed by atoms with E-state index in [4.69, 9.17) is 5.11 Å². The molecule has 3 nitrogen and oxygen atoms in total. The van der Waals surface area contributed by atoms with Gasteiger partial charge in [-0.15, -0.1) is 0 Å². The van der Waals surface area contributed by atoms with E-state index in [-0.39, 0.29) is 12.4 Å². The van der Waals surface area contributed by atoms with E-state index in [2.05, 4.69) is 32.9 Å². The molecule has 1 aromatic rings. The first kappa shape index (κ1) is 17.3. The molecule has 20 heavy (non-hydrogen) atoms. The molecule has 0 aliphatic carbocycles. The van der Waals surface area contributed by atoms with Gasteiger partial charge in [-0.05, 0) is 37.1 Å². The van der Waals surface area contributed by atoms with Crippen molar-refractivity contribution in [1.29, 1.82) is 0 Å². The SMILES string of the molecule is CCC(CCO)CNCc1cc(Br)ccc1OC(F)F. The van der Waals surface area contributed by atoms with Crippen molar-refractivity contribution in [2.75, 3.05) is 13.2 Å². The summed E-state index contributed by atoms with van der Waals surface area (Å²) in [6.45, 7) is 0.581. The van der Waals surface area contributed by atoms with Gasteiger partial charge in [0.25, 0.3) is 0 Å². The second kappa shape index (κ2) is 9.26. The van der Waals surface area contributed by atoms with Crippen molar-refractivity contribution in [2.24, 2.45) is 5.92 Å². The Labute approximate surface area is 126 Å². The van der Waals surface area contributed by atoms with Gasteiger partial charge in [-0.3, -0.25) is 0 Å². The zero-order valence-electron chi connectivity index (χ0n) is 11.4. The number of aliphatic hydroxyl groups excluding tert-OH is 1. The van der Waals surface area contributed by atoms with E-state index in [1.165, 1.54) is 6.07 Å². The summed E-state index contributed by atoms with van der Waals surface area (Å²) in [4.78, 5) is 0. The summed E-state index contributed by atoms with van der Waals surface area (Å²) in [5.74, 6) is 0.567. The van der Waals surface area contributed by atoms with Crippen LogP contribution in [-0.4, -0.2) is 24.9 Å². The topological polar surface area (TPSA) is 41.5 Å². The Balaban J connectivity index is 2.59. The van der Waals surface area contributed by atoms with Gasteiger partial charge < -0.3 is 15.2 Å². The van der Waals surface area contributed by atoms with Crippen LogP contribution >= 0.6 is 15.9 Å². The molecular weight excluding hydrogens is 332 g/mol. The zero-order chi connectivity index (χ0) is 15.0. The molecule has 114 valence electrons. The number of aliphatic hydroxyl groups is 1. The van der Waals surface area contributed by atoms with Crippen LogP contribution in [0.5, 0.6) is 5.75 Å². The van der Waals surface area contributed by atoms with Crippen LogP contribution in [0.25, 0.3) is 0 Å². The molecule has 0 aromatic heterocycles. The summed E-state index contributed by atoms with van der Waals surface area (Å²) >= 11 is 3.32. The first-order valence-electron chi connectivity index (χ1n) is 6.61. The van der Waals surface area contributed by atoms with Crippen molar-refractivity contribution < 1.29 is 18.6 Å². The third kappa shape index (κ3) is 6.15. The minimum Gasteiger partial charge on any atom is -0.434 e. The lowest BCUT2D eigenvalue weighted by molar-refractivity contribution is -0.0505. The fourth-order valence-corrected chi connectivity index (χ4v) is 2.35. The highest BCUT2D eigenvalue weighted by molar-refractivity contribution is 9.10. The molecule has 0 bridgehead atoms. The molecule has 0 aliphatic rings. The van der Waals surface area contributed by atoms with Gasteiger partial charge in [0.05, 0.1) is 0 Å². The normalized spacial score (nSPS) is 12.7. The number of benzene rings is 1. The Kier molecular flexibility index (Phi) is 8.02. The van der Waals surface area contributed by atoms with Crippen LogP contribution in [-0.2, 0) is 6.54 Å². The molecule has 1 unspecified atom stereocenters. The van der Waals surface area contributed by atoms with Crippen LogP contribution in [0.15, 0.2) is 22.7 Å². The highest BCUT2D eigenvalue weighted by atomic mass is 79.9. The Morgan fingerprint density at radius 3 is 2.75 bits per heavy atom. The molecule has 1 atom stereocenters. The Hall–Kier alpha value is -0.720. The quantitative estimate of drug-likeness (QED) is 0.714. The van der Waals surface area contributed by atoms with Gasteiger partial charge in [-0.25, -0.2) is 0 Å². The molecule has 6 heteroatoms. The summed E-state index contributed by atoms with van der Waals surface area (Å²) in [7, 11) is 0. The van der Waals surface area contributed by atoms with Crippen molar-refractivity contribution in [1.82, 2.24) is 5.32 Å². The number of halogens is 3. The summed E-state index contributed by atoms with van der Waals surface area (Å²) in [5.41, 5.74) is 0.679. The fraction of sp³-hybridized carbons (Fsp3) is 0.571. The number of hydrogen-bond donors (Lipinski definition) is 2. The van der Waals surface area contributed by atoms with Crippen LogP contribution in [0, 0.1) is 5.92 Å². The predicted molar refractivity (Wildman–Crippen MR) is 78.0 cm³/mol. The Morgan fingerprint density at radius 2 is 2.15 bits per heavy atom. The highest BCUT2D eigenvalue weighted by Crippen LogP contribution is 2.24. The smallest absolute Gasteiger partial charge is 0.387 e. The average Bonchev–Trinajstić information content (AvgIpc) is 2.40. The first-order chi connectivity index (χ1) is 9.56. The van der Waals surface area contributed by atoms with Crippen LogP contribution in [0.1, 0.15) is 25.3 Å². The van der Waals surface area contributed by atoms with Crippen LogP contribution in [0.4, 0.5) is 8.78 Å². The molecule has 0 spiro atoms. The fourth-order valence-electron chi connectivity index (χ4n) is 1.94. The molecule has 1 rings (SSSR count). The highest BCUT2D eigenvalue weighted by Gasteiger charge is 2.11. The minimum absolute atomic E-state index is 0.164. The number of ether oxygens (including phenoxy) is 1. The van der Waals surface area contributed by atoms with E-state index < -0.39 is 6.61 Å². The van der Waals surface area contributed by atoms with Crippen molar-refractivity contribution in [3.05, 3.63) is 28.2 Å². The molecule has 0 saturated heterocycles. The first-order valence-corrected chi connectivity index (χ1v) is 7.41. The predicted octanol–water partition coefficient (Wildman–Crippen LogP) is 3.55. The zero-order valence-corrected chi connectivity index (χ0v) is 13.0. The number of nitrogens with one attached hydrogen (secondary N) is 1. The van der Waals surface area contributed by atoms with Crippen LogP contribution in [0.3, 0.4) is 0 Å². The number of alkyl halides is 2. The van der Waals surface area contributed by atoms with E-state index >= 15 is 0 Å². The molecular formula is C14H20BrF2NO2. The van der Waals surface area contributed by atoms with Crippen LogP contribution < -0.4 is 10.1 Å². The van der Waals surface area contributed by atoms with Crippen molar-refractivity contribution in [3.8, 4) is 5.75 Å². The third-order valence-corrected chi connectivity index (χ3v) is 3.60. The molecule has 1 aromatic carbocycles. The van der Waals surface area contributed by atoms with Gasteiger partial charge in [0.15, 0.2) is 0 Å². The maximum atomic E-state index is 12.3. The maximum absolute atomic E-state index is 12.3. The molecule has 0 amide bonds. The monoisotopic (exact) mass is 351 g/mol. The van der Waals surface area contributed by atoms with Gasteiger partial charge in [0, 0.05) is 23.2 Å². The number of rotatable bonds is 9. The van der Waals surface area contributed by atoms with Crippen molar-refractivity contribution in [2.45, 2.75) is 32.9 Å². The largest absolute Gasteiger partial charge is 0.434 e. The lowest BCUT2D eigenvalue weighted by Crippen LogP contribution is -2.23. The van der Waals surface area contributed by atoms with E-state index in [1.807, 2.05) is 0 Å². The Bertz CT molecular complexity index is 405. The minimum atomic E-state index is -2.83. The van der Waals surface area contributed by atoms with Crippen molar-refractivity contribution >= 4 is 15.9 Å². The second-order valence-corrected chi connectivity index (χ2v) is 5.46. The van der Waals surface area contributed by atoms with Crippen molar-refractivity contribution in [3.63, 3.8) is 0 Å². The molecule has 0 saturated carbocycles. The number of hydrogen-bond acceptors (Lipinski definition) is 3. The molecule has 0 radical (unpaired) electrons. The summed E-state index contributed by atoms with van der Waals surface area (Å²) in [6, 6.07) is 4.96. The molecule has 2 N–H and O–H groups in total. The Morgan fingerprint density at radius 1 is 1.40 bits per heavy atom. The van der Waals surface area contributed by atoms with Crippen LogP contribution in [0.2, 0.25) is 0 Å². The second-order valence-electron chi connectivity index (χ2n) is 4.55. The van der Waals surface area contributed by atoms with Gasteiger partial charge in [0.1, 0.15) is 5.75 Å². The molecule has 0 aliphatic heterocycles. The standard InChI is InChI=1S/C14H20BrF2NO2/c1-2-10(5-6-19)8-18-9-11-7-12(15)3-4-13(11)20-14(16)17/h3-4,7,10,14,18-19H,2,5-6,8-9H2,1H3. The van der Waals surface area contributed by atoms with Gasteiger partial charge in [0.2, 0.25) is 0 Å². The van der Waals surface area contributed by atoms with E-state index in [0.29, 0.717) is 18.0 Å². The summed E-state index contributed by atoms with van der Waals surface area (Å²) < 4.78 is 30.0. The lowest BCUT2D eigenvalue weighted by atomic mass is 10.0. The molecule has 0 fully saturated rings. The van der Waals surface area contributed by atoms with Gasteiger partial charge >= 0.3 is 6.61 Å². The van der Waals surface area contributed by atoms with Gasteiger partial charge in [-0.2, -0.15) is 8.78 Å². The van der Waals surface area contributed by atoms with Gasteiger partial charge in [-0.1, -0.05) is 29.3 Å². The van der Waals surface area contributed by atoms with E-state index in [1.54, 1.807) is 12.1 Å². The summed E-state index contributed by atoms with van der Waals surface area (Å²) in [5, 5.41) is 12.1. The van der Waals surface area contributed by atoms with E-state index in [0.717, 1.165) is 23.9 Å².